The molecule has 76 valence electrons. The summed E-state index contributed by atoms with van der Waals surface area (Å²) in [6, 6.07) is 6.37. The van der Waals surface area contributed by atoms with E-state index in [-0.39, 0.29) is 0 Å². The first-order valence-electron chi connectivity index (χ1n) is 5.15. The Morgan fingerprint density at radius 1 is 1.50 bits per heavy atom. The summed E-state index contributed by atoms with van der Waals surface area (Å²) >= 11 is 0. The Morgan fingerprint density at radius 3 is 2.93 bits per heavy atom. The number of fused-ring (bicyclic) bond motifs is 1. The maximum Gasteiger partial charge on any atom is 0.119 e. The molecule has 0 amide bonds. The highest BCUT2D eigenvalue weighted by atomic mass is 16.5. The van der Waals surface area contributed by atoms with Crippen molar-refractivity contribution in [2.24, 2.45) is 0 Å². The third-order valence-electron chi connectivity index (χ3n) is 3.07. The SMILES string of the molecule is CCC1CN(C)c2ccc(OC)cc21. The standard InChI is InChI=1S/C12H17NO/c1-4-9-8-13(2)12-6-5-10(14-3)7-11(9)12/h5-7,9H,4,8H2,1-3H3. The molecule has 0 radical (unpaired) electrons. The van der Waals surface area contributed by atoms with Crippen LogP contribution in [0.2, 0.25) is 0 Å². The Hall–Kier alpha value is -1.18. The molecule has 1 aliphatic rings. The van der Waals surface area contributed by atoms with Gasteiger partial charge in [0, 0.05) is 25.2 Å². The van der Waals surface area contributed by atoms with Crippen molar-refractivity contribution in [3.8, 4) is 5.75 Å². The summed E-state index contributed by atoms with van der Waals surface area (Å²) in [6.07, 6.45) is 1.20. The summed E-state index contributed by atoms with van der Waals surface area (Å²) in [5.41, 5.74) is 2.80. The van der Waals surface area contributed by atoms with Crippen LogP contribution in [0.15, 0.2) is 18.2 Å². The Balaban J connectivity index is 2.42. The summed E-state index contributed by atoms with van der Waals surface area (Å²) in [6.45, 7) is 3.38. The lowest BCUT2D eigenvalue weighted by Gasteiger charge is -2.11. The van der Waals surface area contributed by atoms with E-state index in [9.17, 15) is 0 Å². The van der Waals surface area contributed by atoms with E-state index >= 15 is 0 Å². The molecule has 0 spiro atoms. The number of hydrogen-bond donors (Lipinski definition) is 0. The second-order valence-electron chi connectivity index (χ2n) is 3.91. The predicted molar refractivity (Wildman–Crippen MR) is 59.3 cm³/mol. The Morgan fingerprint density at radius 2 is 2.29 bits per heavy atom. The number of rotatable bonds is 2. The zero-order valence-electron chi connectivity index (χ0n) is 9.08. The van der Waals surface area contributed by atoms with Gasteiger partial charge in [0.2, 0.25) is 0 Å². The van der Waals surface area contributed by atoms with Crippen molar-refractivity contribution in [2.75, 3.05) is 25.6 Å². The summed E-state index contributed by atoms with van der Waals surface area (Å²) in [5.74, 6) is 1.64. The van der Waals surface area contributed by atoms with Crippen LogP contribution in [0.5, 0.6) is 5.75 Å². The molecular weight excluding hydrogens is 174 g/mol. The highest BCUT2D eigenvalue weighted by Gasteiger charge is 2.24. The minimum Gasteiger partial charge on any atom is -0.497 e. The van der Waals surface area contributed by atoms with Gasteiger partial charge in [0.25, 0.3) is 0 Å². The second-order valence-corrected chi connectivity index (χ2v) is 3.91. The smallest absolute Gasteiger partial charge is 0.119 e. The van der Waals surface area contributed by atoms with Crippen molar-refractivity contribution in [3.63, 3.8) is 0 Å². The third kappa shape index (κ3) is 1.35. The molecule has 0 aromatic heterocycles. The molecule has 0 bridgehead atoms. The molecule has 14 heavy (non-hydrogen) atoms. The molecule has 2 nitrogen and oxygen atoms in total. The summed E-state index contributed by atoms with van der Waals surface area (Å²) in [5, 5.41) is 0. The van der Waals surface area contributed by atoms with Gasteiger partial charge in [-0.1, -0.05) is 6.92 Å². The first-order chi connectivity index (χ1) is 6.76. The van der Waals surface area contributed by atoms with Gasteiger partial charge >= 0.3 is 0 Å². The number of likely N-dealkylation sites (N-methyl/N-ethyl adjacent to an activating group) is 1. The van der Waals surface area contributed by atoms with E-state index in [2.05, 4.69) is 31.0 Å². The average Bonchev–Trinajstić information content (AvgIpc) is 2.55. The lowest BCUT2D eigenvalue weighted by molar-refractivity contribution is 0.414. The molecule has 0 saturated carbocycles. The summed E-state index contributed by atoms with van der Waals surface area (Å²) in [4.78, 5) is 2.32. The van der Waals surface area contributed by atoms with Crippen LogP contribution in [-0.2, 0) is 0 Å². The minimum absolute atomic E-state index is 0.671. The highest BCUT2D eigenvalue weighted by molar-refractivity contribution is 5.61. The average molecular weight is 191 g/mol. The van der Waals surface area contributed by atoms with E-state index in [1.54, 1.807) is 7.11 Å². The first-order valence-corrected chi connectivity index (χ1v) is 5.15. The van der Waals surface area contributed by atoms with E-state index < -0.39 is 0 Å². The van der Waals surface area contributed by atoms with Crippen molar-refractivity contribution >= 4 is 5.69 Å². The first kappa shape index (κ1) is 9.38. The lowest BCUT2D eigenvalue weighted by Crippen LogP contribution is -2.14. The quantitative estimate of drug-likeness (QED) is 0.712. The molecule has 0 aliphatic carbocycles. The van der Waals surface area contributed by atoms with Gasteiger partial charge in [-0.3, -0.25) is 0 Å². The number of nitrogens with zero attached hydrogens (tertiary/aromatic N) is 1. The summed E-state index contributed by atoms with van der Waals surface area (Å²) < 4.78 is 5.25. The zero-order valence-corrected chi connectivity index (χ0v) is 9.08. The van der Waals surface area contributed by atoms with Crippen molar-refractivity contribution in [1.82, 2.24) is 0 Å². The second kappa shape index (κ2) is 3.52. The van der Waals surface area contributed by atoms with Gasteiger partial charge in [0.05, 0.1) is 7.11 Å². The molecule has 1 atom stereocenters. The number of ether oxygens (including phenoxy) is 1. The highest BCUT2D eigenvalue weighted by Crippen LogP contribution is 2.38. The van der Waals surface area contributed by atoms with Crippen molar-refractivity contribution in [2.45, 2.75) is 19.3 Å². The fraction of sp³-hybridized carbons (Fsp3) is 0.500. The van der Waals surface area contributed by atoms with Crippen molar-refractivity contribution < 1.29 is 4.74 Å². The van der Waals surface area contributed by atoms with Crippen LogP contribution in [0.3, 0.4) is 0 Å². The van der Waals surface area contributed by atoms with Gasteiger partial charge in [-0.15, -0.1) is 0 Å². The van der Waals surface area contributed by atoms with Gasteiger partial charge in [0.15, 0.2) is 0 Å². The third-order valence-corrected chi connectivity index (χ3v) is 3.07. The maximum atomic E-state index is 5.25. The molecule has 1 aliphatic heterocycles. The number of hydrogen-bond acceptors (Lipinski definition) is 2. The molecule has 1 aromatic carbocycles. The van der Waals surface area contributed by atoms with Crippen LogP contribution < -0.4 is 9.64 Å². The topological polar surface area (TPSA) is 12.5 Å². The molecule has 1 aromatic rings. The van der Waals surface area contributed by atoms with Crippen LogP contribution in [0.1, 0.15) is 24.8 Å². The molecule has 0 saturated heterocycles. The molecule has 1 unspecified atom stereocenters. The number of anilines is 1. The van der Waals surface area contributed by atoms with Crippen LogP contribution in [0.4, 0.5) is 5.69 Å². The van der Waals surface area contributed by atoms with E-state index in [4.69, 9.17) is 4.74 Å². The van der Waals surface area contributed by atoms with E-state index in [1.807, 2.05) is 6.07 Å². The molecule has 2 heteroatoms. The Labute approximate surface area is 85.5 Å². The van der Waals surface area contributed by atoms with E-state index in [1.165, 1.54) is 17.7 Å². The lowest BCUT2D eigenvalue weighted by atomic mass is 9.99. The van der Waals surface area contributed by atoms with Gasteiger partial charge in [-0.25, -0.2) is 0 Å². The van der Waals surface area contributed by atoms with Gasteiger partial charge in [0.1, 0.15) is 5.75 Å². The largest absolute Gasteiger partial charge is 0.497 e. The van der Waals surface area contributed by atoms with Gasteiger partial charge < -0.3 is 9.64 Å². The monoisotopic (exact) mass is 191 g/mol. The number of benzene rings is 1. The maximum absolute atomic E-state index is 5.25. The fourth-order valence-electron chi connectivity index (χ4n) is 2.21. The van der Waals surface area contributed by atoms with E-state index in [0.29, 0.717) is 5.92 Å². The Kier molecular flexibility index (Phi) is 2.36. The van der Waals surface area contributed by atoms with Crippen LogP contribution >= 0.6 is 0 Å². The van der Waals surface area contributed by atoms with Crippen LogP contribution in [0.25, 0.3) is 0 Å². The molecule has 1 heterocycles. The van der Waals surface area contributed by atoms with Crippen LogP contribution in [0, 0.1) is 0 Å². The number of methoxy groups -OCH3 is 1. The molecule has 0 N–H and O–H groups in total. The van der Waals surface area contributed by atoms with Crippen LogP contribution in [-0.4, -0.2) is 20.7 Å². The minimum atomic E-state index is 0.671. The summed E-state index contributed by atoms with van der Waals surface area (Å²) in [7, 11) is 3.88. The predicted octanol–water partition coefficient (Wildman–Crippen LogP) is 2.64. The van der Waals surface area contributed by atoms with Crippen molar-refractivity contribution in [3.05, 3.63) is 23.8 Å². The van der Waals surface area contributed by atoms with Gasteiger partial charge in [-0.05, 0) is 30.2 Å². The van der Waals surface area contributed by atoms with Crippen molar-refractivity contribution in [1.29, 1.82) is 0 Å². The Bertz CT molecular complexity index is 335. The normalized spacial score (nSPS) is 19.6. The molecule has 2 rings (SSSR count). The fourth-order valence-corrected chi connectivity index (χ4v) is 2.21. The molecular formula is C12H17NO. The van der Waals surface area contributed by atoms with E-state index in [0.717, 1.165) is 12.3 Å². The zero-order chi connectivity index (χ0) is 10.1. The van der Waals surface area contributed by atoms with Gasteiger partial charge in [-0.2, -0.15) is 0 Å². The molecule has 0 fully saturated rings.